The van der Waals surface area contributed by atoms with Crippen LogP contribution < -0.4 is 22.2 Å². The number of aromatic nitrogens is 12. The van der Waals surface area contributed by atoms with Gasteiger partial charge in [0.15, 0.2) is 0 Å². The largest absolute Gasteiger partial charge is 0.393 e. The maximum absolute atomic E-state index is 13.5. The molecule has 0 spiro atoms. The lowest BCUT2D eigenvalue weighted by Crippen LogP contribution is -2.51. The number of piperidine rings is 2. The number of para-hydroxylation sites is 4. The number of likely N-dealkylation sites (tertiary alicyclic amines) is 2. The molecule has 1 N–H and O–H groups in total. The van der Waals surface area contributed by atoms with Crippen LogP contribution in [0.15, 0.2) is 238 Å². The van der Waals surface area contributed by atoms with Crippen molar-refractivity contribution in [3.8, 4) is 67.8 Å². The summed E-state index contributed by atoms with van der Waals surface area (Å²) in [7, 11) is 2.06. The molecule has 0 unspecified atom stereocenters. The number of hydrogen-bond acceptors (Lipinski definition) is 15. The maximum Gasteiger partial charge on any atom is 0.328 e. The van der Waals surface area contributed by atoms with E-state index in [9.17, 15) is 47.9 Å². The number of aryl methyl sites for hydroxylation is 4. The number of halogens is 1. The molecule has 12 aliphatic rings. The zero-order chi connectivity index (χ0) is 84.9. The van der Waals surface area contributed by atoms with E-state index in [1.807, 2.05) is 232 Å². The highest BCUT2D eigenvalue weighted by Crippen LogP contribution is 2.36. The SMILES string of the molecule is Cc1ccc2c(c1)c1nn(-c3ccccc3)c(=O)c-1cn2C(=O)N1CCC(F)CC1.Cc1ccc2c(c1)c1nn(-c3ccccc3)c(=O)c-1cn2C(=O)N1CCC(O)CC1.Cc1ccc2c(c1)c1nn(-c3ccccc3)c(=O)c-1cn2C(=O)N1CCN(C(C)C)CC1.Cc1ccc2c(c1)c1nn(-c3ccccc3)c(=O)c-1cn2C(=O)N1CCN(C)CC1. The van der Waals surface area contributed by atoms with Crippen molar-refractivity contribution in [2.45, 2.75) is 85.5 Å². The third-order valence-electron chi connectivity index (χ3n) is 23.6. The molecule has 20 rings (SSSR count). The zero-order valence-corrected chi connectivity index (χ0v) is 69.0. The van der Waals surface area contributed by atoms with Gasteiger partial charge in [-0.25, -0.2) is 23.6 Å². The molecule has 620 valence electrons. The lowest BCUT2D eigenvalue weighted by Gasteiger charge is -2.37. The average Bonchev–Trinajstić information content (AvgIpc) is 1.58. The number of nitrogens with zero attached hydrogens (tertiary/aromatic N) is 18. The number of aliphatic hydroxyl groups excluding tert-OH is 1. The second-order valence-corrected chi connectivity index (χ2v) is 32.3. The Hall–Kier alpha value is -13.8. The van der Waals surface area contributed by atoms with Gasteiger partial charge >= 0.3 is 24.1 Å². The molecule has 122 heavy (non-hydrogen) atoms. The van der Waals surface area contributed by atoms with E-state index < -0.39 is 6.17 Å². The first-order valence-corrected chi connectivity index (χ1v) is 41.3. The number of alkyl halides is 1. The van der Waals surface area contributed by atoms with Gasteiger partial charge in [-0.1, -0.05) is 119 Å². The number of aliphatic hydroxyl groups is 1. The number of rotatable bonds is 5. The van der Waals surface area contributed by atoms with Gasteiger partial charge in [-0.05, 0) is 171 Å². The molecule has 12 heterocycles. The van der Waals surface area contributed by atoms with Crippen LogP contribution in [0.5, 0.6) is 0 Å². The van der Waals surface area contributed by atoms with Gasteiger partial charge in [0, 0.05) is 131 Å². The maximum atomic E-state index is 13.5. The van der Waals surface area contributed by atoms with E-state index in [0.29, 0.717) is 163 Å². The highest BCUT2D eigenvalue weighted by Gasteiger charge is 2.34. The summed E-state index contributed by atoms with van der Waals surface area (Å²) in [6.45, 7) is 20.1. The number of benzene rings is 8. The number of hydrogen-bond donors (Lipinski definition) is 1. The number of carbonyl (C=O) groups is 4. The molecule has 12 aliphatic heterocycles. The fourth-order valence-corrected chi connectivity index (χ4v) is 16.7. The van der Waals surface area contributed by atoms with Crippen molar-refractivity contribution in [2.24, 2.45) is 0 Å². The van der Waals surface area contributed by atoms with E-state index in [2.05, 4.69) is 51.1 Å². The fraction of sp³-hybridized carbons (Fsp3) is 0.277. The molecule has 27 nitrogen and oxygen atoms in total. The van der Waals surface area contributed by atoms with E-state index in [-0.39, 0.29) is 52.5 Å². The van der Waals surface area contributed by atoms with Gasteiger partial charge in [0.25, 0.3) is 22.2 Å². The van der Waals surface area contributed by atoms with Crippen molar-refractivity contribution in [3.63, 3.8) is 0 Å². The van der Waals surface area contributed by atoms with Crippen molar-refractivity contribution >= 4 is 67.7 Å². The quantitative estimate of drug-likeness (QED) is 0.168. The Kier molecular flexibility index (Phi) is 22.3. The highest BCUT2D eigenvalue weighted by atomic mass is 19.1. The molecule has 0 atom stereocenters. The van der Waals surface area contributed by atoms with Gasteiger partial charge < -0.3 is 29.6 Å². The molecule has 4 fully saturated rings. The summed E-state index contributed by atoms with van der Waals surface area (Å²) in [5.41, 5.74) is 12.9. The molecule has 0 aliphatic carbocycles. The molecule has 0 aromatic heterocycles. The van der Waals surface area contributed by atoms with Crippen LogP contribution in [0.4, 0.5) is 23.6 Å². The van der Waals surface area contributed by atoms with Gasteiger partial charge in [-0.15, -0.1) is 0 Å². The van der Waals surface area contributed by atoms with E-state index in [4.69, 9.17) is 0 Å². The molecular weight excluding hydrogens is 1540 g/mol. The highest BCUT2D eigenvalue weighted by molar-refractivity contribution is 6.03. The lowest BCUT2D eigenvalue weighted by molar-refractivity contribution is 0.0943. The van der Waals surface area contributed by atoms with Crippen LogP contribution in [0, 0.1) is 27.7 Å². The van der Waals surface area contributed by atoms with E-state index in [0.717, 1.165) is 81.0 Å². The number of amides is 4. The topological polar surface area (TPSA) is 267 Å². The molecular formula is C94H93FN18O9. The minimum absolute atomic E-state index is 0.101. The average molecular weight is 1640 g/mol. The molecule has 0 radical (unpaired) electrons. The number of fused-ring (bicyclic) bond motifs is 12. The van der Waals surface area contributed by atoms with Crippen molar-refractivity contribution in [2.75, 3.05) is 85.6 Å². The minimum Gasteiger partial charge on any atom is -0.393 e. The van der Waals surface area contributed by atoms with Crippen LogP contribution in [-0.4, -0.2) is 220 Å². The van der Waals surface area contributed by atoms with Crippen molar-refractivity contribution in [1.82, 2.24) is 86.8 Å². The number of likely N-dealkylation sites (N-methyl/N-ethyl adjacent to an activating group) is 1. The van der Waals surface area contributed by atoms with Crippen molar-refractivity contribution < 1.29 is 28.7 Å². The Morgan fingerprint density at radius 2 is 0.590 bits per heavy atom. The monoisotopic (exact) mass is 1640 g/mol. The smallest absolute Gasteiger partial charge is 0.328 e. The standard InChI is InChI=1S/C25H27N5O2.C23H21FN4O2.C23H23N5O2.C23H22N4O3/c1-17(2)27-11-13-28(14-12-27)25(32)29-16-21-23(20-15-18(3)9-10-22(20)29)26-30(24(21)31)19-7-5-4-6-8-19;1-15-7-8-20-18(13-15)21-19(22(29)28(25-21)17-5-3-2-4-6-17)14-27(20)23(30)26-11-9-16(24)10-12-26;1-16-8-9-20-18(14-16)21-19(22(29)28(24-21)17-6-4-3-5-7-17)15-27(20)23(30)26-12-10-25(2)11-13-26;1-15-7-8-20-18(13-15)21-19(22(29)27(24-21)16-5-3-2-4-6-16)14-26(20)23(30)25-11-9-17(28)10-12-25/h4-10,15-17H,11-14H2,1-3H3;2-8,13-14,16H,9-12H2,1H3;3-9,14-15H,10-13H2,1-2H3;2-8,13-14,17,28H,9-12H2,1H3. The van der Waals surface area contributed by atoms with Crippen molar-refractivity contribution in [1.29, 1.82) is 0 Å². The van der Waals surface area contributed by atoms with E-state index >= 15 is 0 Å². The summed E-state index contributed by atoms with van der Waals surface area (Å²) in [4.78, 5) is 118. The van der Waals surface area contributed by atoms with Crippen LogP contribution in [-0.2, 0) is 0 Å². The molecule has 0 saturated carbocycles. The van der Waals surface area contributed by atoms with Gasteiger partial charge in [0.05, 0.1) is 73.2 Å². The van der Waals surface area contributed by atoms with E-state index in [1.165, 1.54) is 23.3 Å². The third kappa shape index (κ3) is 15.6. The Morgan fingerprint density at radius 3 is 0.852 bits per heavy atom. The summed E-state index contributed by atoms with van der Waals surface area (Å²) in [5, 5.41) is 31.4. The Labute approximate surface area is 701 Å². The van der Waals surface area contributed by atoms with Gasteiger partial charge in [-0.3, -0.25) is 42.3 Å². The van der Waals surface area contributed by atoms with Crippen LogP contribution in [0.1, 0.15) is 61.8 Å². The molecule has 4 saturated heterocycles. The van der Waals surface area contributed by atoms with Crippen LogP contribution in [0.25, 0.3) is 111 Å². The summed E-state index contributed by atoms with van der Waals surface area (Å²) in [6.07, 6.45) is 7.07. The first kappa shape index (κ1) is 80.6. The van der Waals surface area contributed by atoms with Crippen LogP contribution >= 0.6 is 0 Å². The predicted molar refractivity (Wildman–Crippen MR) is 470 cm³/mol. The summed E-state index contributed by atoms with van der Waals surface area (Å²) < 4.78 is 25.4. The summed E-state index contributed by atoms with van der Waals surface area (Å²) in [6, 6.07) is 60.4. The minimum atomic E-state index is -0.863. The predicted octanol–water partition coefficient (Wildman–Crippen LogP) is 13.4. The number of pyridine rings is 4. The Balaban J connectivity index is 0.000000116. The fourth-order valence-electron chi connectivity index (χ4n) is 16.7. The Bertz CT molecular complexity index is 6260. The normalized spacial score (nSPS) is 15.2. The van der Waals surface area contributed by atoms with Gasteiger partial charge in [0.1, 0.15) is 28.9 Å². The molecule has 0 bridgehead atoms. The van der Waals surface area contributed by atoms with Gasteiger partial charge in [0.2, 0.25) is 0 Å². The van der Waals surface area contributed by atoms with Crippen LogP contribution in [0.2, 0.25) is 0 Å². The van der Waals surface area contributed by atoms with Crippen LogP contribution in [0.3, 0.4) is 0 Å². The molecule has 4 amide bonds. The first-order valence-electron chi connectivity index (χ1n) is 41.3. The van der Waals surface area contributed by atoms with E-state index in [1.54, 1.807) is 48.3 Å². The zero-order valence-electron chi connectivity index (χ0n) is 69.0. The molecule has 8 aromatic rings. The Morgan fingerprint density at radius 1 is 0.344 bits per heavy atom. The van der Waals surface area contributed by atoms with Gasteiger partial charge in [-0.2, -0.15) is 39.1 Å². The summed E-state index contributed by atoms with van der Waals surface area (Å²) in [5.74, 6) is 0. The summed E-state index contributed by atoms with van der Waals surface area (Å²) >= 11 is 0. The number of carbonyl (C=O) groups excluding carboxylic acids is 4. The molecule has 8 aromatic carbocycles. The first-order chi connectivity index (χ1) is 59.0. The second kappa shape index (κ2) is 33.8. The lowest BCUT2D eigenvalue weighted by atomic mass is 10.1. The third-order valence-corrected chi connectivity index (χ3v) is 23.6. The number of piperazine rings is 2. The molecule has 28 heteroatoms. The van der Waals surface area contributed by atoms with Crippen molar-refractivity contribution in [3.05, 3.63) is 283 Å². The second-order valence-electron chi connectivity index (χ2n) is 32.3.